The molecule has 2 N–H and O–H groups in total. The van der Waals surface area contributed by atoms with Crippen molar-refractivity contribution in [1.29, 1.82) is 0 Å². The summed E-state index contributed by atoms with van der Waals surface area (Å²) in [5.74, 6) is -0.498. The maximum atomic E-state index is 12.5. The van der Waals surface area contributed by atoms with Crippen molar-refractivity contribution in [3.05, 3.63) is 78.6 Å². The number of imidazole rings is 1. The number of amides is 2. The average Bonchev–Trinajstić information content (AvgIpc) is 3.15. The van der Waals surface area contributed by atoms with Crippen LogP contribution in [-0.2, 0) is 0 Å². The molecule has 31 heavy (non-hydrogen) atoms. The number of hydrogen-bond donors (Lipinski definition) is 2. The summed E-state index contributed by atoms with van der Waals surface area (Å²) >= 11 is 0. The predicted octanol–water partition coefficient (Wildman–Crippen LogP) is 5.85. The van der Waals surface area contributed by atoms with Crippen LogP contribution < -0.4 is 15.4 Å². The van der Waals surface area contributed by atoms with E-state index in [0.717, 1.165) is 28.5 Å². The summed E-state index contributed by atoms with van der Waals surface area (Å²) in [5.41, 5.74) is 3.92. The molecular formula is C22H17F3N4O2. The van der Waals surface area contributed by atoms with E-state index in [1.165, 1.54) is 18.2 Å². The standard InChI is InChI=1S/C22H17F3N4O2/c1-14-5-4-12-29-13-18(27-20(14)29)15-8-10-16(11-9-15)26-21(30)28-17-6-2-3-7-19(17)31-22(23,24)25/h2-13H,1H3,(H2,26,28,30). The van der Waals surface area contributed by atoms with Crippen LogP contribution in [0.25, 0.3) is 16.9 Å². The molecular weight excluding hydrogens is 409 g/mol. The molecule has 0 radical (unpaired) electrons. The zero-order chi connectivity index (χ0) is 22.0. The van der Waals surface area contributed by atoms with E-state index in [0.29, 0.717) is 5.69 Å². The molecule has 158 valence electrons. The van der Waals surface area contributed by atoms with Crippen LogP contribution in [0.1, 0.15) is 5.56 Å². The molecule has 0 fully saturated rings. The van der Waals surface area contributed by atoms with Crippen molar-refractivity contribution < 1.29 is 22.7 Å². The van der Waals surface area contributed by atoms with E-state index in [2.05, 4.69) is 20.4 Å². The van der Waals surface area contributed by atoms with Crippen LogP contribution in [0.3, 0.4) is 0 Å². The first kappa shape index (κ1) is 20.3. The molecule has 0 aliphatic carbocycles. The topological polar surface area (TPSA) is 67.7 Å². The second-order valence-corrected chi connectivity index (χ2v) is 6.75. The number of fused-ring (bicyclic) bond motifs is 1. The van der Waals surface area contributed by atoms with Crippen LogP contribution in [0.5, 0.6) is 5.75 Å². The number of pyridine rings is 1. The van der Waals surface area contributed by atoms with Crippen LogP contribution in [0.15, 0.2) is 73.1 Å². The second-order valence-electron chi connectivity index (χ2n) is 6.75. The number of aryl methyl sites for hydroxylation is 1. The molecule has 0 bridgehead atoms. The molecule has 0 aliphatic heterocycles. The molecule has 0 unspecified atom stereocenters. The Balaban J connectivity index is 1.46. The Labute approximate surface area is 175 Å². The van der Waals surface area contributed by atoms with Gasteiger partial charge in [-0.25, -0.2) is 9.78 Å². The number of anilines is 2. The number of para-hydroxylation sites is 2. The minimum atomic E-state index is -4.86. The van der Waals surface area contributed by atoms with Gasteiger partial charge in [-0.3, -0.25) is 0 Å². The zero-order valence-corrected chi connectivity index (χ0v) is 16.3. The Kier molecular flexibility index (Phi) is 5.24. The molecule has 0 atom stereocenters. The van der Waals surface area contributed by atoms with Gasteiger partial charge >= 0.3 is 12.4 Å². The zero-order valence-electron chi connectivity index (χ0n) is 16.3. The second kappa shape index (κ2) is 8.02. The summed E-state index contributed by atoms with van der Waals surface area (Å²) in [6, 6.07) is 15.5. The molecule has 2 heterocycles. The number of ether oxygens (including phenoxy) is 1. The third-order valence-corrected chi connectivity index (χ3v) is 4.48. The Bertz CT molecular complexity index is 1230. The molecule has 0 saturated carbocycles. The molecule has 2 amide bonds. The number of alkyl halides is 3. The van der Waals surface area contributed by atoms with Gasteiger partial charge in [-0.1, -0.05) is 30.3 Å². The lowest BCUT2D eigenvalue weighted by molar-refractivity contribution is -0.274. The van der Waals surface area contributed by atoms with Crippen molar-refractivity contribution in [3.63, 3.8) is 0 Å². The van der Waals surface area contributed by atoms with Crippen LogP contribution in [0.2, 0.25) is 0 Å². The lowest BCUT2D eigenvalue weighted by Crippen LogP contribution is -2.22. The SMILES string of the molecule is Cc1cccn2cc(-c3ccc(NC(=O)Nc4ccccc4OC(F)(F)F)cc3)nc12. The fourth-order valence-corrected chi connectivity index (χ4v) is 3.09. The van der Waals surface area contributed by atoms with E-state index in [1.807, 2.05) is 35.9 Å². The van der Waals surface area contributed by atoms with Crippen molar-refractivity contribution in [2.45, 2.75) is 13.3 Å². The lowest BCUT2D eigenvalue weighted by atomic mass is 10.1. The fourth-order valence-electron chi connectivity index (χ4n) is 3.09. The van der Waals surface area contributed by atoms with E-state index in [9.17, 15) is 18.0 Å². The van der Waals surface area contributed by atoms with Gasteiger partial charge < -0.3 is 19.8 Å². The smallest absolute Gasteiger partial charge is 0.404 e. The van der Waals surface area contributed by atoms with Crippen molar-refractivity contribution >= 4 is 23.1 Å². The summed E-state index contributed by atoms with van der Waals surface area (Å²) in [5, 5.41) is 4.94. The molecule has 6 nitrogen and oxygen atoms in total. The van der Waals surface area contributed by atoms with E-state index >= 15 is 0 Å². The fraction of sp³-hybridized carbons (Fsp3) is 0.0909. The molecule has 0 saturated heterocycles. The predicted molar refractivity (Wildman–Crippen MR) is 111 cm³/mol. The van der Waals surface area contributed by atoms with Crippen molar-refractivity contribution in [3.8, 4) is 17.0 Å². The number of nitrogens with zero attached hydrogens (tertiary/aromatic N) is 2. The van der Waals surface area contributed by atoms with Gasteiger partial charge in [0.1, 0.15) is 5.65 Å². The van der Waals surface area contributed by atoms with Crippen LogP contribution in [0, 0.1) is 6.92 Å². The van der Waals surface area contributed by atoms with Crippen molar-refractivity contribution in [2.75, 3.05) is 10.6 Å². The summed E-state index contributed by atoms with van der Waals surface area (Å²) < 4.78 is 43.4. The monoisotopic (exact) mass is 426 g/mol. The Morgan fingerprint density at radius 2 is 1.74 bits per heavy atom. The maximum Gasteiger partial charge on any atom is 0.573 e. The quantitative estimate of drug-likeness (QED) is 0.430. The number of benzene rings is 2. The summed E-state index contributed by atoms with van der Waals surface area (Å²) in [6.07, 6.45) is -1.03. The molecule has 4 aromatic rings. The number of nitrogens with one attached hydrogen (secondary N) is 2. The van der Waals surface area contributed by atoms with Gasteiger partial charge in [-0.2, -0.15) is 0 Å². The Morgan fingerprint density at radius 3 is 2.45 bits per heavy atom. The number of halogens is 3. The highest BCUT2D eigenvalue weighted by Crippen LogP contribution is 2.30. The third-order valence-electron chi connectivity index (χ3n) is 4.48. The first-order valence-electron chi connectivity index (χ1n) is 9.26. The molecule has 9 heteroatoms. The van der Waals surface area contributed by atoms with Crippen molar-refractivity contribution in [1.82, 2.24) is 9.38 Å². The Morgan fingerprint density at radius 1 is 1.00 bits per heavy atom. The van der Waals surface area contributed by atoms with Crippen LogP contribution >= 0.6 is 0 Å². The van der Waals surface area contributed by atoms with Gasteiger partial charge in [0.15, 0.2) is 5.75 Å². The molecule has 2 aromatic heterocycles. The third kappa shape index (κ3) is 4.77. The van der Waals surface area contributed by atoms with E-state index < -0.39 is 18.1 Å². The molecule has 4 rings (SSSR count). The number of carbonyl (C=O) groups excluding carboxylic acids is 1. The number of aromatic nitrogens is 2. The maximum absolute atomic E-state index is 12.5. The van der Waals surface area contributed by atoms with Gasteiger partial charge in [0.2, 0.25) is 0 Å². The average molecular weight is 426 g/mol. The molecule has 2 aromatic carbocycles. The van der Waals surface area contributed by atoms with Crippen LogP contribution in [-0.4, -0.2) is 21.8 Å². The largest absolute Gasteiger partial charge is 0.573 e. The molecule has 0 aliphatic rings. The minimum absolute atomic E-state index is 0.103. The first-order chi connectivity index (χ1) is 14.8. The normalized spacial score (nSPS) is 11.4. The number of rotatable bonds is 4. The molecule has 0 spiro atoms. The minimum Gasteiger partial charge on any atom is -0.404 e. The van der Waals surface area contributed by atoms with Gasteiger partial charge in [0.05, 0.1) is 11.4 Å². The lowest BCUT2D eigenvalue weighted by Gasteiger charge is -2.14. The number of urea groups is 1. The van der Waals surface area contributed by atoms with Gasteiger partial charge in [0.25, 0.3) is 0 Å². The van der Waals surface area contributed by atoms with Gasteiger partial charge in [-0.15, -0.1) is 13.2 Å². The highest BCUT2D eigenvalue weighted by molar-refractivity contribution is 6.00. The first-order valence-corrected chi connectivity index (χ1v) is 9.26. The highest BCUT2D eigenvalue weighted by atomic mass is 19.4. The van der Waals surface area contributed by atoms with E-state index in [1.54, 1.807) is 24.3 Å². The number of hydrogen-bond acceptors (Lipinski definition) is 3. The van der Waals surface area contributed by atoms with E-state index in [-0.39, 0.29) is 5.69 Å². The van der Waals surface area contributed by atoms with Crippen molar-refractivity contribution in [2.24, 2.45) is 0 Å². The summed E-state index contributed by atoms with van der Waals surface area (Å²) in [7, 11) is 0. The summed E-state index contributed by atoms with van der Waals surface area (Å²) in [4.78, 5) is 16.9. The van der Waals surface area contributed by atoms with Crippen LogP contribution in [0.4, 0.5) is 29.3 Å². The summed E-state index contributed by atoms with van der Waals surface area (Å²) in [6.45, 7) is 1.98. The van der Waals surface area contributed by atoms with Gasteiger partial charge in [0, 0.05) is 23.6 Å². The number of carbonyl (C=O) groups is 1. The Hall–Kier alpha value is -4.01. The van der Waals surface area contributed by atoms with E-state index in [4.69, 9.17) is 0 Å². The van der Waals surface area contributed by atoms with Gasteiger partial charge in [-0.05, 0) is 42.8 Å². The highest BCUT2D eigenvalue weighted by Gasteiger charge is 2.32.